The lowest BCUT2D eigenvalue weighted by molar-refractivity contribution is 0.262. The van der Waals surface area contributed by atoms with Crippen molar-refractivity contribution >= 4 is 6.08 Å². The van der Waals surface area contributed by atoms with Crippen molar-refractivity contribution in [3.8, 4) is 11.5 Å². The number of rotatable bonds is 5. The molecule has 1 atom stereocenters. The smallest absolute Gasteiger partial charge is 0.129 e. The van der Waals surface area contributed by atoms with Crippen LogP contribution in [0.15, 0.2) is 24.3 Å². The SMILES string of the molecule is COc1cccc(OC)c1/C=C/C(C)CO. The lowest BCUT2D eigenvalue weighted by atomic mass is 10.1. The fraction of sp³-hybridized carbons (Fsp3) is 0.385. The summed E-state index contributed by atoms with van der Waals surface area (Å²) in [6.45, 7) is 2.08. The lowest BCUT2D eigenvalue weighted by Crippen LogP contribution is -1.96. The van der Waals surface area contributed by atoms with Crippen molar-refractivity contribution in [2.75, 3.05) is 20.8 Å². The highest BCUT2D eigenvalue weighted by molar-refractivity contribution is 5.64. The molecule has 1 rings (SSSR count). The van der Waals surface area contributed by atoms with E-state index >= 15 is 0 Å². The number of aliphatic hydroxyl groups excluding tert-OH is 1. The standard InChI is InChI=1S/C13H18O3/c1-10(9-14)7-8-11-12(15-2)5-4-6-13(11)16-3/h4-8,10,14H,9H2,1-3H3/b8-7+. The predicted molar refractivity (Wildman–Crippen MR) is 64.8 cm³/mol. The number of aliphatic hydroxyl groups is 1. The van der Waals surface area contributed by atoms with E-state index in [1.807, 2.05) is 37.3 Å². The molecule has 1 N–H and O–H groups in total. The van der Waals surface area contributed by atoms with E-state index in [2.05, 4.69) is 0 Å². The van der Waals surface area contributed by atoms with Gasteiger partial charge in [-0.25, -0.2) is 0 Å². The van der Waals surface area contributed by atoms with Crippen LogP contribution in [0.5, 0.6) is 11.5 Å². The molecular weight excluding hydrogens is 204 g/mol. The van der Waals surface area contributed by atoms with Gasteiger partial charge in [-0.15, -0.1) is 0 Å². The Kier molecular flexibility index (Phi) is 4.86. The maximum atomic E-state index is 8.95. The molecule has 0 aliphatic rings. The largest absolute Gasteiger partial charge is 0.496 e. The molecule has 1 aromatic carbocycles. The molecule has 0 heterocycles. The zero-order chi connectivity index (χ0) is 12.0. The Hall–Kier alpha value is -1.48. The van der Waals surface area contributed by atoms with E-state index < -0.39 is 0 Å². The maximum Gasteiger partial charge on any atom is 0.129 e. The van der Waals surface area contributed by atoms with Gasteiger partial charge in [-0.2, -0.15) is 0 Å². The molecule has 0 aliphatic heterocycles. The van der Waals surface area contributed by atoms with Gasteiger partial charge in [0, 0.05) is 6.61 Å². The summed E-state index contributed by atoms with van der Waals surface area (Å²) >= 11 is 0. The summed E-state index contributed by atoms with van der Waals surface area (Å²) in [6, 6.07) is 5.64. The molecule has 3 heteroatoms. The molecule has 0 fully saturated rings. The third kappa shape index (κ3) is 3.00. The van der Waals surface area contributed by atoms with Gasteiger partial charge in [0.15, 0.2) is 0 Å². The van der Waals surface area contributed by atoms with Gasteiger partial charge in [0.2, 0.25) is 0 Å². The van der Waals surface area contributed by atoms with E-state index in [1.165, 1.54) is 0 Å². The van der Waals surface area contributed by atoms with Gasteiger partial charge in [-0.3, -0.25) is 0 Å². The fourth-order valence-electron chi connectivity index (χ4n) is 1.37. The second-order valence-corrected chi connectivity index (χ2v) is 3.60. The van der Waals surface area contributed by atoms with Crippen molar-refractivity contribution in [2.24, 2.45) is 5.92 Å². The van der Waals surface area contributed by atoms with Gasteiger partial charge >= 0.3 is 0 Å². The molecule has 0 radical (unpaired) electrons. The molecule has 1 unspecified atom stereocenters. The van der Waals surface area contributed by atoms with E-state index in [0.717, 1.165) is 17.1 Å². The van der Waals surface area contributed by atoms with Crippen LogP contribution in [0.1, 0.15) is 12.5 Å². The summed E-state index contributed by atoms with van der Waals surface area (Å²) in [5.74, 6) is 1.65. The summed E-state index contributed by atoms with van der Waals surface area (Å²) in [6.07, 6.45) is 3.85. The van der Waals surface area contributed by atoms with Crippen LogP contribution in [0.4, 0.5) is 0 Å². The number of benzene rings is 1. The van der Waals surface area contributed by atoms with Crippen LogP contribution in [0.3, 0.4) is 0 Å². The molecule has 3 nitrogen and oxygen atoms in total. The molecule has 0 amide bonds. The minimum atomic E-state index is 0.120. The fourth-order valence-corrected chi connectivity index (χ4v) is 1.37. The Morgan fingerprint density at radius 1 is 1.25 bits per heavy atom. The molecule has 88 valence electrons. The van der Waals surface area contributed by atoms with Crippen molar-refractivity contribution in [3.05, 3.63) is 29.8 Å². The van der Waals surface area contributed by atoms with Gasteiger partial charge in [0.05, 0.1) is 19.8 Å². The summed E-state index contributed by atoms with van der Waals surface area (Å²) in [4.78, 5) is 0. The highest BCUT2D eigenvalue weighted by Gasteiger charge is 2.06. The summed E-state index contributed by atoms with van der Waals surface area (Å²) < 4.78 is 10.5. The van der Waals surface area contributed by atoms with Crippen molar-refractivity contribution in [1.82, 2.24) is 0 Å². The van der Waals surface area contributed by atoms with E-state index in [4.69, 9.17) is 14.6 Å². The van der Waals surface area contributed by atoms with Crippen LogP contribution in [-0.4, -0.2) is 25.9 Å². The quantitative estimate of drug-likeness (QED) is 0.831. The van der Waals surface area contributed by atoms with Gasteiger partial charge in [0.1, 0.15) is 11.5 Å². The Morgan fingerprint density at radius 3 is 2.25 bits per heavy atom. The average Bonchev–Trinajstić information content (AvgIpc) is 2.35. The average molecular weight is 222 g/mol. The second-order valence-electron chi connectivity index (χ2n) is 3.60. The Labute approximate surface area is 96.3 Å². The lowest BCUT2D eigenvalue weighted by Gasteiger charge is -2.10. The maximum absolute atomic E-state index is 8.95. The molecule has 0 saturated heterocycles. The van der Waals surface area contributed by atoms with Crippen molar-refractivity contribution < 1.29 is 14.6 Å². The molecule has 0 saturated carbocycles. The van der Waals surface area contributed by atoms with Gasteiger partial charge in [-0.05, 0) is 18.1 Å². The van der Waals surface area contributed by atoms with Crippen LogP contribution in [-0.2, 0) is 0 Å². The topological polar surface area (TPSA) is 38.7 Å². The first-order valence-electron chi connectivity index (χ1n) is 5.23. The minimum Gasteiger partial charge on any atom is -0.496 e. The number of ether oxygens (including phenoxy) is 2. The van der Waals surface area contributed by atoms with Gasteiger partial charge < -0.3 is 14.6 Å². The molecular formula is C13H18O3. The number of methoxy groups -OCH3 is 2. The minimum absolute atomic E-state index is 0.120. The van der Waals surface area contributed by atoms with Gasteiger partial charge in [-0.1, -0.05) is 25.1 Å². The monoisotopic (exact) mass is 222 g/mol. The number of hydrogen-bond acceptors (Lipinski definition) is 3. The van der Waals surface area contributed by atoms with Gasteiger partial charge in [0.25, 0.3) is 0 Å². The second kappa shape index (κ2) is 6.18. The third-order valence-corrected chi connectivity index (χ3v) is 2.35. The summed E-state index contributed by atoms with van der Waals surface area (Å²) in [5, 5.41) is 8.95. The van der Waals surface area contributed by atoms with E-state index in [0.29, 0.717) is 0 Å². The Bertz CT molecular complexity index is 336. The first-order chi connectivity index (χ1) is 7.72. The van der Waals surface area contributed by atoms with E-state index in [9.17, 15) is 0 Å². The van der Waals surface area contributed by atoms with E-state index in [1.54, 1.807) is 14.2 Å². The first kappa shape index (κ1) is 12.6. The van der Waals surface area contributed by atoms with Crippen LogP contribution >= 0.6 is 0 Å². The molecule has 1 aromatic rings. The first-order valence-corrected chi connectivity index (χ1v) is 5.23. The Morgan fingerprint density at radius 2 is 1.81 bits per heavy atom. The van der Waals surface area contributed by atoms with Crippen molar-refractivity contribution in [1.29, 1.82) is 0 Å². The van der Waals surface area contributed by atoms with E-state index in [-0.39, 0.29) is 12.5 Å². The molecule has 0 spiro atoms. The molecule has 0 bridgehead atoms. The summed E-state index contributed by atoms with van der Waals surface area (Å²) in [7, 11) is 3.25. The zero-order valence-electron chi connectivity index (χ0n) is 9.93. The predicted octanol–water partition coefficient (Wildman–Crippen LogP) is 2.35. The van der Waals surface area contributed by atoms with Crippen LogP contribution in [0.2, 0.25) is 0 Å². The molecule has 16 heavy (non-hydrogen) atoms. The Balaban J connectivity index is 3.04. The van der Waals surface area contributed by atoms with Crippen molar-refractivity contribution in [3.63, 3.8) is 0 Å². The highest BCUT2D eigenvalue weighted by Crippen LogP contribution is 2.29. The normalized spacial score (nSPS) is 12.8. The van der Waals surface area contributed by atoms with Crippen molar-refractivity contribution in [2.45, 2.75) is 6.92 Å². The molecule has 0 aliphatic carbocycles. The van der Waals surface area contributed by atoms with Crippen LogP contribution in [0.25, 0.3) is 6.08 Å². The van der Waals surface area contributed by atoms with Crippen LogP contribution < -0.4 is 9.47 Å². The summed E-state index contributed by atoms with van der Waals surface area (Å²) in [5.41, 5.74) is 0.896. The highest BCUT2D eigenvalue weighted by atomic mass is 16.5. The third-order valence-electron chi connectivity index (χ3n) is 2.35. The van der Waals surface area contributed by atoms with Crippen LogP contribution in [0, 0.1) is 5.92 Å². The zero-order valence-corrected chi connectivity index (χ0v) is 9.93. The number of hydrogen-bond donors (Lipinski definition) is 1. The molecule has 0 aromatic heterocycles.